The summed E-state index contributed by atoms with van der Waals surface area (Å²) in [5, 5.41) is 9.72. The van der Waals surface area contributed by atoms with E-state index in [2.05, 4.69) is 11.8 Å². The Kier molecular flexibility index (Phi) is 5.04. The van der Waals surface area contributed by atoms with Gasteiger partial charge in [0.2, 0.25) is 5.91 Å². The molecule has 2 atom stereocenters. The third kappa shape index (κ3) is 3.25. The van der Waals surface area contributed by atoms with Gasteiger partial charge in [0.1, 0.15) is 0 Å². The summed E-state index contributed by atoms with van der Waals surface area (Å²) in [6, 6.07) is 0.670. The fraction of sp³-hybridized carbons (Fsp3) is 0.933. The summed E-state index contributed by atoms with van der Waals surface area (Å²) in [6.45, 7) is 2.21. The molecule has 0 aliphatic carbocycles. The number of amides is 1. The molecule has 0 aromatic rings. The van der Waals surface area contributed by atoms with Crippen LogP contribution in [0.5, 0.6) is 0 Å². The van der Waals surface area contributed by atoms with Gasteiger partial charge in [-0.05, 0) is 32.1 Å². The minimum Gasteiger partial charge on any atom is -0.393 e. The average Bonchev–Trinajstić information content (AvgIpc) is 2.61. The third-order valence-electron chi connectivity index (χ3n) is 4.49. The van der Waals surface area contributed by atoms with Gasteiger partial charge in [-0.2, -0.15) is 0 Å². The van der Waals surface area contributed by atoms with Crippen LogP contribution < -0.4 is 0 Å². The molecule has 2 aliphatic heterocycles. The highest BCUT2D eigenvalue weighted by Gasteiger charge is 2.42. The number of carbonyl (C=O) groups excluding carboxylic acids is 1. The molecule has 0 aromatic carbocycles. The fourth-order valence-electron chi connectivity index (χ4n) is 3.56. The Morgan fingerprint density at radius 1 is 1.11 bits per heavy atom. The molecule has 1 amide bonds. The van der Waals surface area contributed by atoms with Crippen molar-refractivity contribution in [1.82, 2.24) is 4.90 Å². The second-order valence-electron chi connectivity index (χ2n) is 5.98. The van der Waals surface area contributed by atoms with Crippen molar-refractivity contribution in [3.05, 3.63) is 0 Å². The van der Waals surface area contributed by atoms with Crippen molar-refractivity contribution in [2.45, 2.75) is 89.3 Å². The Morgan fingerprint density at radius 3 is 2.33 bits per heavy atom. The minimum atomic E-state index is -0.170. The summed E-state index contributed by atoms with van der Waals surface area (Å²) in [7, 11) is 0. The van der Waals surface area contributed by atoms with Crippen molar-refractivity contribution in [3.63, 3.8) is 0 Å². The highest BCUT2D eigenvalue weighted by molar-refractivity contribution is 5.77. The quantitative estimate of drug-likeness (QED) is 0.739. The number of rotatable bonds is 6. The Bertz CT molecular complexity index is 266. The number of aliphatic hydroxyl groups is 1. The molecule has 2 heterocycles. The van der Waals surface area contributed by atoms with Crippen LogP contribution in [0.2, 0.25) is 0 Å². The SMILES string of the molecule is CCCCCCCC(=O)N1C2CCC1CC(O)C2. The molecule has 104 valence electrons. The molecule has 2 rings (SSSR count). The molecule has 2 aliphatic rings. The minimum absolute atomic E-state index is 0.170. The smallest absolute Gasteiger partial charge is 0.223 e. The lowest BCUT2D eigenvalue weighted by molar-refractivity contribution is -0.137. The van der Waals surface area contributed by atoms with Gasteiger partial charge in [0.05, 0.1) is 6.10 Å². The van der Waals surface area contributed by atoms with Gasteiger partial charge in [0, 0.05) is 18.5 Å². The number of hydrogen-bond donors (Lipinski definition) is 1. The molecule has 0 saturated carbocycles. The van der Waals surface area contributed by atoms with E-state index in [0.717, 1.165) is 32.1 Å². The van der Waals surface area contributed by atoms with Crippen LogP contribution in [0.3, 0.4) is 0 Å². The lowest BCUT2D eigenvalue weighted by atomic mass is 9.99. The number of hydrogen-bond acceptors (Lipinski definition) is 2. The Labute approximate surface area is 111 Å². The first kappa shape index (κ1) is 13.9. The molecule has 18 heavy (non-hydrogen) atoms. The van der Waals surface area contributed by atoms with Gasteiger partial charge >= 0.3 is 0 Å². The predicted molar refractivity (Wildman–Crippen MR) is 72.3 cm³/mol. The maximum Gasteiger partial charge on any atom is 0.223 e. The average molecular weight is 253 g/mol. The van der Waals surface area contributed by atoms with Crippen LogP contribution in [0, 0.1) is 0 Å². The van der Waals surface area contributed by atoms with Crippen LogP contribution >= 0.6 is 0 Å². The zero-order chi connectivity index (χ0) is 13.0. The van der Waals surface area contributed by atoms with Crippen LogP contribution in [-0.2, 0) is 4.79 Å². The number of fused-ring (bicyclic) bond motifs is 2. The summed E-state index contributed by atoms with van der Waals surface area (Å²) >= 11 is 0. The summed E-state index contributed by atoms with van der Waals surface area (Å²) in [5.74, 6) is 0.339. The first-order valence-electron chi connectivity index (χ1n) is 7.71. The van der Waals surface area contributed by atoms with Gasteiger partial charge in [-0.15, -0.1) is 0 Å². The topological polar surface area (TPSA) is 40.5 Å². The van der Waals surface area contributed by atoms with E-state index in [4.69, 9.17) is 0 Å². The van der Waals surface area contributed by atoms with E-state index in [1.165, 1.54) is 25.7 Å². The predicted octanol–water partition coefficient (Wildman–Crippen LogP) is 2.86. The third-order valence-corrected chi connectivity index (χ3v) is 4.49. The van der Waals surface area contributed by atoms with E-state index in [1.54, 1.807) is 0 Å². The molecule has 1 N–H and O–H groups in total. The van der Waals surface area contributed by atoms with Crippen molar-refractivity contribution in [3.8, 4) is 0 Å². The van der Waals surface area contributed by atoms with Gasteiger partial charge in [0.25, 0.3) is 0 Å². The monoisotopic (exact) mass is 253 g/mol. The molecule has 0 radical (unpaired) electrons. The van der Waals surface area contributed by atoms with Crippen molar-refractivity contribution in [2.24, 2.45) is 0 Å². The van der Waals surface area contributed by atoms with Gasteiger partial charge < -0.3 is 10.0 Å². The zero-order valence-electron chi connectivity index (χ0n) is 11.6. The van der Waals surface area contributed by atoms with Crippen molar-refractivity contribution in [1.29, 1.82) is 0 Å². The lowest BCUT2D eigenvalue weighted by Crippen LogP contribution is -2.47. The van der Waals surface area contributed by atoms with Gasteiger partial charge in [0.15, 0.2) is 0 Å². The highest BCUT2D eigenvalue weighted by atomic mass is 16.3. The normalized spacial score (nSPS) is 30.8. The molecule has 2 saturated heterocycles. The first-order valence-corrected chi connectivity index (χ1v) is 7.71. The van der Waals surface area contributed by atoms with Crippen LogP contribution in [0.1, 0.15) is 71.1 Å². The van der Waals surface area contributed by atoms with E-state index in [9.17, 15) is 9.90 Å². The molecular formula is C15H27NO2. The highest BCUT2D eigenvalue weighted by Crippen LogP contribution is 2.36. The molecule has 3 nitrogen and oxygen atoms in total. The fourth-order valence-corrected chi connectivity index (χ4v) is 3.56. The summed E-state index contributed by atoms with van der Waals surface area (Å²) in [6.07, 6.45) is 10.4. The Balaban J connectivity index is 1.73. The van der Waals surface area contributed by atoms with Gasteiger partial charge in [-0.3, -0.25) is 4.79 Å². The summed E-state index contributed by atoms with van der Waals surface area (Å²) in [5.41, 5.74) is 0. The Hall–Kier alpha value is -0.570. The molecule has 2 bridgehead atoms. The van der Waals surface area contributed by atoms with Crippen molar-refractivity contribution in [2.75, 3.05) is 0 Å². The maximum atomic E-state index is 12.2. The van der Waals surface area contributed by atoms with Crippen molar-refractivity contribution >= 4 is 5.91 Å². The van der Waals surface area contributed by atoms with Crippen LogP contribution in [0.4, 0.5) is 0 Å². The lowest BCUT2D eigenvalue weighted by Gasteiger charge is -2.37. The number of aliphatic hydroxyl groups excluding tert-OH is 1. The van der Waals surface area contributed by atoms with E-state index in [-0.39, 0.29) is 6.10 Å². The van der Waals surface area contributed by atoms with Crippen LogP contribution in [-0.4, -0.2) is 34.1 Å². The Morgan fingerprint density at radius 2 is 1.72 bits per heavy atom. The largest absolute Gasteiger partial charge is 0.393 e. The molecule has 0 spiro atoms. The maximum absolute atomic E-state index is 12.2. The van der Waals surface area contributed by atoms with E-state index >= 15 is 0 Å². The number of nitrogens with zero attached hydrogens (tertiary/aromatic N) is 1. The van der Waals surface area contributed by atoms with Crippen LogP contribution in [0.25, 0.3) is 0 Å². The standard InChI is InChI=1S/C15H27NO2/c1-2-3-4-5-6-7-15(18)16-12-8-9-13(16)11-14(17)10-12/h12-14,17H,2-11H2,1H3. The van der Waals surface area contributed by atoms with E-state index in [1.807, 2.05) is 0 Å². The van der Waals surface area contributed by atoms with Gasteiger partial charge in [-0.25, -0.2) is 0 Å². The number of carbonyl (C=O) groups is 1. The number of unbranched alkanes of at least 4 members (excludes halogenated alkanes) is 4. The van der Waals surface area contributed by atoms with E-state index in [0.29, 0.717) is 24.4 Å². The molecule has 2 fully saturated rings. The van der Waals surface area contributed by atoms with Gasteiger partial charge in [-0.1, -0.05) is 32.6 Å². The summed E-state index contributed by atoms with van der Waals surface area (Å²) < 4.78 is 0. The zero-order valence-corrected chi connectivity index (χ0v) is 11.6. The number of piperidine rings is 1. The second-order valence-corrected chi connectivity index (χ2v) is 5.98. The van der Waals surface area contributed by atoms with Crippen molar-refractivity contribution < 1.29 is 9.90 Å². The molecule has 0 aromatic heterocycles. The second kappa shape index (κ2) is 6.55. The molecular weight excluding hydrogens is 226 g/mol. The van der Waals surface area contributed by atoms with E-state index < -0.39 is 0 Å². The molecule has 2 unspecified atom stereocenters. The summed E-state index contributed by atoms with van der Waals surface area (Å²) in [4.78, 5) is 14.3. The first-order chi connectivity index (χ1) is 8.72. The van der Waals surface area contributed by atoms with Crippen LogP contribution in [0.15, 0.2) is 0 Å². The molecule has 3 heteroatoms.